The number of hydrogen-bond acceptors (Lipinski definition) is 4. The Morgan fingerprint density at radius 2 is 1.78 bits per heavy atom. The molecule has 2 saturated heterocycles. The van der Waals surface area contributed by atoms with Gasteiger partial charge in [-0.2, -0.15) is 0 Å². The van der Waals surface area contributed by atoms with E-state index in [9.17, 15) is 4.79 Å². The van der Waals surface area contributed by atoms with E-state index in [1.807, 2.05) is 55.5 Å². The number of rotatable bonds is 3. The number of piperidine rings is 1. The number of nitrogens with one attached hydrogen (secondary N) is 1. The molecule has 0 aliphatic carbocycles. The lowest BCUT2D eigenvalue weighted by Gasteiger charge is -2.29. The first-order valence-electron chi connectivity index (χ1n) is 9.73. The van der Waals surface area contributed by atoms with Crippen LogP contribution in [0, 0.1) is 6.92 Å². The Balaban J connectivity index is 1.49. The fraction of sp³-hybridized carbons (Fsp3) is 0.348. The summed E-state index contributed by atoms with van der Waals surface area (Å²) in [6, 6.07) is 16.7. The Kier molecular flexibility index (Phi) is 4.01. The normalized spacial score (nSPS) is 24.3. The summed E-state index contributed by atoms with van der Waals surface area (Å²) in [4.78, 5) is 12.6. The van der Waals surface area contributed by atoms with Gasteiger partial charge in [0.2, 0.25) is 0 Å². The molecule has 0 saturated carbocycles. The van der Waals surface area contributed by atoms with Crippen LogP contribution in [0.1, 0.15) is 31.2 Å². The summed E-state index contributed by atoms with van der Waals surface area (Å²) in [5, 5.41) is 4.58. The topological polar surface area (TPSA) is 51.5 Å². The second-order valence-electron chi connectivity index (χ2n) is 7.76. The standard InChI is InChI=1S/C23H23NO3/c1-14-20-10-9-18(26-19-11-16-7-8-17(12-19)24-16)13-21(20)27-23(25)22(14)15-5-3-2-4-6-15/h2-6,9-10,13,16-17,19,24H,7-8,11-12H2,1H3/t16-,17+,19-. The third kappa shape index (κ3) is 3.04. The molecule has 4 heteroatoms. The van der Waals surface area contributed by atoms with Crippen LogP contribution in [0.15, 0.2) is 57.7 Å². The summed E-state index contributed by atoms with van der Waals surface area (Å²) >= 11 is 0. The van der Waals surface area contributed by atoms with Crippen molar-refractivity contribution in [3.8, 4) is 16.9 Å². The Labute approximate surface area is 158 Å². The van der Waals surface area contributed by atoms with Gasteiger partial charge in [-0.05, 0) is 55.9 Å². The lowest BCUT2D eigenvalue weighted by atomic mass is 9.99. The Bertz CT molecular complexity index is 1030. The van der Waals surface area contributed by atoms with Crippen molar-refractivity contribution in [2.45, 2.75) is 50.8 Å². The van der Waals surface area contributed by atoms with E-state index in [1.54, 1.807) is 0 Å². The third-order valence-electron chi connectivity index (χ3n) is 5.93. The van der Waals surface area contributed by atoms with Crippen LogP contribution in [-0.4, -0.2) is 18.2 Å². The van der Waals surface area contributed by atoms with Crippen LogP contribution in [0.4, 0.5) is 0 Å². The molecule has 5 rings (SSSR count). The van der Waals surface area contributed by atoms with Crippen LogP contribution in [-0.2, 0) is 0 Å². The SMILES string of the molecule is Cc1c(-c2ccccc2)c(=O)oc2cc(O[C@@H]3C[C@H]4CC[C@@H](C3)N4)ccc12. The average Bonchev–Trinajstić information content (AvgIpc) is 3.01. The number of benzene rings is 2. The molecule has 2 aliphatic rings. The fourth-order valence-corrected chi connectivity index (χ4v) is 4.64. The molecule has 2 aliphatic heterocycles. The van der Waals surface area contributed by atoms with Crippen molar-refractivity contribution in [2.24, 2.45) is 0 Å². The van der Waals surface area contributed by atoms with E-state index < -0.39 is 0 Å². The van der Waals surface area contributed by atoms with E-state index in [4.69, 9.17) is 9.15 Å². The Hall–Kier alpha value is -2.59. The zero-order valence-corrected chi connectivity index (χ0v) is 15.4. The van der Waals surface area contributed by atoms with Gasteiger partial charge in [0.05, 0.1) is 5.56 Å². The summed E-state index contributed by atoms with van der Waals surface area (Å²) in [7, 11) is 0. The number of aryl methyl sites for hydroxylation is 1. The van der Waals surface area contributed by atoms with Crippen LogP contribution >= 0.6 is 0 Å². The number of hydrogen-bond donors (Lipinski definition) is 1. The van der Waals surface area contributed by atoms with Gasteiger partial charge in [-0.25, -0.2) is 4.79 Å². The molecule has 2 bridgehead atoms. The lowest BCUT2D eigenvalue weighted by molar-refractivity contribution is 0.137. The first kappa shape index (κ1) is 16.6. The number of fused-ring (bicyclic) bond motifs is 3. The van der Waals surface area contributed by atoms with Gasteiger partial charge in [0.25, 0.3) is 0 Å². The monoisotopic (exact) mass is 361 g/mol. The van der Waals surface area contributed by atoms with Crippen LogP contribution in [0.25, 0.3) is 22.1 Å². The second kappa shape index (κ2) is 6.54. The Morgan fingerprint density at radius 1 is 1.04 bits per heavy atom. The van der Waals surface area contributed by atoms with Crippen LogP contribution < -0.4 is 15.7 Å². The summed E-state index contributed by atoms with van der Waals surface area (Å²) in [5.41, 5.74) is 2.75. The van der Waals surface area contributed by atoms with E-state index in [-0.39, 0.29) is 11.7 Å². The van der Waals surface area contributed by atoms with Crippen molar-refractivity contribution in [1.29, 1.82) is 0 Å². The highest BCUT2D eigenvalue weighted by molar-refractivity contribution is 5.87. The summed E-state index contributed by atoms with van der Waals surface area (Å²) in [5.74, 6) is 0.781. The quantitative estimate of drug-likeness (QED) is 0.701. The maximum atomic E-state index is 12.6. The minimum absolute atomic E-state index is 0.234. The molecular formula is C23H23NO3. The predicted octanol–water partition coefficient (Wildman–Crippen LogP) is 4.43. The Morgan fingerprint density at radius 3 is 2.52 bits per heavy atom. The van der Waals surface area contributed by atoms with Gasteiger partial charge in [0.1, 0.15) is 17.4 Å². The first-order valence-corrected chi connectivity index (χ1v) is 9.73. The highest BCUT2D eigenvalue weighted by Gasteiger charge is 2.34. The molecular weight excluding hydrogens is 338 g/mol. The fourth-order valence-electron chi connectivity index (χ4n) is 4.64. The van der Waals surface area contributed by atoms with Crippen molar-refractivity contribution in [3.63, 3.8) is 0 Å². The van der Waals surface area contributed by atoms with Crippen molar-refractivity contribution in [1.82, 2.24) is 5.32 Å². The molecule has 3 atom stereocenters. The summed E-state index contributed by atoms with van der Waals surface area (Å²) < 4.78 is 11.9. The number of ether oxygens (including phenoxy) is 1. The predicted molar refractivity (Wildman–Crippen MR) is 106 cm³/mol. The highest BCUT2D eigenvalue weighted by atomic mass is 16.5. The zero-order chi connectivity index (χ0) is 18.4. The van der Waals surface area contributed by atoms with E-state index in [0.29, 0.717) is 23.2 Å². The van der Waals surface area contributed by atoms with Gasteiger partial charge in [-0.1, -0.05) is 30.3 Å². The molecule has 1 aromatic heterocycles. The molecule has 27 heavy (non-hydrogen) atoms. The average molecular weight is 361 g/mol. The van der Waals surface area contributed by atoms with Crippen molar-refractivity contribution in [2.75, 3.05) is 0 Å². The van der Waals surface area contributed by atoms with E-state index in [2.05, 4.69) is 5.32 Å². The molecule has 0 radical (unpaired) electrons. The first-order chi connectivity index (χ1) is 13.2. The van der Waals surface area contributed by atoms with E-state index >= 15 is 0 Å². The van der Waals surface area contributed by atoms with Crippen molar-refractivity contribution >= 4 is 11.0 Å². The minimum Gasteiger partial charge on any atom is -0.490 e. The maximum absolute atomic E-state index is 12.6. The van der Waals surface area contributed by atoms with Crippen LogP contribution in [0.3, 0.4) is 0 Å². The highest BCUT2D eigenvalue weighted by Crippen LogP contribution is 2.32. The zero-order valence-electron chi connectivity index (χ0n) is 15.4. The van der Waals surface area contributed by atoms with Gasteiger partial charge >= 0.3 is 5.63 Å². The van der Waals surface area contributed by atoms with Gasteiger partial charge in [-0.3, -0.25) is 0 Å². The minimum atomic E-state index is -0.303. The molecule has 1 N–H and O–H groups in total. The van der Waals surface area contributed by atoms with Crippen molar-refractivity contribution < 1.29 is 9.15 Å². The molecule has 138 valence electrons. The maximum Gasteiger partial charge on any atom is 0.344 e. The lowest BCUT2D eigenvalue weighted by Crippen LogP contribution is -2.42. The van der Waals surface area contributed by atoms with E-state index in [0.717, 1.165) is 35.1 Å². The van der Waals surface area contributed by atoms with Gasteiger partial charge in [-0.15, -0.1) is 0 Å². The van der Waals surface area contributed by atoms with Crippen molar-refractivity contribution in [3.05, 3.63) is 64.5 Å². The van der Waals surface area contributed by atoms with E-state index in [1.165, 1.54) is 12.8 Å². The molecule has 0 unspecified atom stereocenters. The summed E-state index contributed by atoms with van der Waals surface area (Å²) in [6.45, 7) is 1.98. The third-order valence-corrected chi connectivity index (χ3v) is 5.93. The molecule has 2 fully saturated rings. The molecule has 3 aromatic rings. The van der Waals surface area contributed by atoms with Gasteiger partial charge in [0.15, 0.2) is 0 Å². The second-order valence-corrected chi connectivity index (χ2v) is 7.76. The summed E-state index contributed by atoms with van der Waals surface area (Å²) in [6.07, 6.45) is 4.82. The molecule has 0 amide bonds. The van der Waals surface area contributed by atoms with Crippen LogP contribution in [0.2, 0.25) is 0 Å². The molecule has 3 heterocycles. The largest absolute Gasteiger partial charge is 0.490 e. The van der Waals surface area contributed by atoms with Gasteiger partial charge < -0.3 is 14.5 Å². The smallest absolute Gasteiger partial charge is 0.344 e. The van der Waals surface area contributed by atoms with Gasteiger partial charge in [0, 0.05) is 23.5 Å². The van der Waals surface area contributed by atoms with Crippen LogP contribution in [0.5, 0.6) is 5.75 Å². The molecule has 4 nitrogen and oxygen atoms in total. The molecule has 2 aromatic carbocycles. The molecule has 0 spiro atoms.